The first-order valence-electron chi connectivity index (χ1n) is 5.38. The first-order valence-corrected chi connectivity index (χ1v) is 5.38. The summed E-state index contributed by atoms with van der Waals surface area (Å²) in [6.07, 6.45) is 3.54. The predicted octanol–water partition coefficient (Wildman–Crippen LogP) is 1.60. The van der Waals surface area contributed by atoms with E-state index in [1.54, 1.807) is 0 Å². The molecule has 4 heteroatoms. The van der Waals surface area contributed by atoms with Gasteiger partial charge in [0.05, 0.1) is 25.2 Å². The maximum atomic E-state index is 8.50. The molecule has 0 saturated heterocycles. The van der Waals surface area contributed by atoms with Crippen LogP contribution in [0, 0.1) is 18.3 Å². The van der Waals surface area contributed by atoms with Crippen molar-refractivity contribution in [3.05, 3.63) is 17.5 Å². The second kappa shape index (κ2) is 6.20. The van der Waals surface area contributed by atoms with Gasteiger partial charge >= 0.3 is 0 Å². The minimum atomic E-state index is 0.518. The molecule has 1 rings (SSSR count). The van der Waals surface area contributed by atoms with E-state index < -0.39 is 0 Å². The zero-order valence-electron chi connectivity index (χ0n) is 9.45. The minimum absolute atomic E-state index is 0.518. The van der Waals surface area contributed by atoms with Crippen LogP contribution in [0.15, 0.2) is 6.20 Å². The molecule has 0 fully saturated rings. The largest absolute Gasteiger partial charge is 0.313 e. The van der Waals surface area contributed by atoms with Gasteiger partial charge in [0.1, 0.15) is 0 Å². The average Bonchev–Trinajstić information content (AvgIpc) is 2.58. The highest BCUT2D eigenvalue weighted by atomic mass is 15.3. The van der Waals surface area contributed by atoms with E-state index in [2.05, 4.69) is 23.4 Å². The van der Waals surface area contributed by atoms with Crippen LogP contribution in [0.2, 0.25) is 0 Å². The third-order valence-electron chi connectivity index (χ3n) is 2.38. The van der Waals surface area contributed by atoms with E-state index in [1.807, 2.05) is 17.8 Å². The molecule has 0 atom stereocenters. The first-order chi connectivity index (χ1) is 7.29. The Morgan fingerprint density at radius 1 is 1.60 bits per heavy atom. The molecule has 0 amide bonds. The number of rotatable bonds is 6. The Kier molecular flexibility index (Phi) is 4.85. The standard InChI is InChI=1S/C11H18N4/c1-3-6-13-8-11-9-14-15(10(11)2)7-4-5-12/h9,13H,3-4,6-8H2,1-2H3. The first kappa shape index (κ1) is 11.7. The summed E-state index contributed by atoms with van der Waals surface area (Å²) in [7, 11) is 0. The van der Waals surface area contributed by atoms with Crippen molar-refractivity contribution < 1.29 is 0 Å². The number of nitrogens with one attached hydrogen (secondary N) is 1. The van der Waals surface area contributed by atoms with Crippen molar-refractivity contribution in [1.82, 2.24) is 15.1 Å². The van der Waals surface area contributed by atoms with Crippen LogP contribution >= 0.6 is 0 Å². The molecular formula is C11H18N4. The lowest BCUT2D eigenvalue weighted by molar-refractivity contribution is 0.606. The van der Waals surface area contributed by atoms with Crippen LogP contribution in [-0.4, -0.2) is 16.3 Å². The monoisotopic (exact) mass is 206 g/mol. The third kappa shape index (κ3) is 3.37. The Balaban J connectivity index is 2.51. The number of hydrogen-bond donors (Lipinski definition) is 1. The highest BCUT2D eigenvalue weighted by Gasteiger charge is 2.04. The summed E-state index contributed by atoms with van der Waals surface area (Å²) in [6.45, 7) is 6.79. The molecule has 0 aliphatic rings. The van der Waals surface area contributed by atoms with Gasteiger partial charge in [-0.1, -0.05) is 6.92 Å². The lowest BCUT2D eigenvalue weighted by Gasteiger charge is -2.04. The molecule has 82 valence electrons. The van der Waals surface area contributed by atoms with Crippen LogP contribution in [0.5, 0.6) is 0 Å². The number of aryl methyl sites for hydroxylation is 1. The van der Waals surface area contributed by atoms with Crippen molar-refractivity contribution in [2.24, 2.45) is 0 Å². The summed E-state index contributed by atoms with van der Waals surface area (Å²) in [4.78, 5) is 0. The van der Waals surface area contributed by atoms with E-state index in [9.17, 15) is 0 Å². The fourth-order valence-electron chi connectivity index (χ4n) is 1.44. The van der Waals surface area contributed by atoms with Gasteiger partial charge in [0, 0.05) is 17.8 Å². The molecule has 15 heavy (non-hydrogen) atoms. The summed E-state index contributed by atoms with van der Waals surface area (Å²) in [5.74, 6) is 0. The van der Waals surface area contributed by atoms with Gasteiger partial charge in [-0.05, 0) is 19.9 Å². The van der Waals surface area contributed by atoms with Crippen molar-refractivity contribution in [1.29, 1.82) is 5.26 Å². The summed E-state index contributed by atoms with van der Waals surface area (Å²) < 4.78 is 1.90. The third-order valence-corrected chi connectivity index (χ3v) is 2.38. The molecule has 1 N–H and O–H groups in total. The molecule has 0 unspecified atom stereocenters. The van der Waals surface area contributed by atoms with Gasteiger partial charge < -0.3 is 5.32 Å². The minimum Gasteiger partial charge on any atom is -0.313 e. The zero-order chi connectivity index (χ0) is 11.1. The van der Waals surface area contributed by atoms with Gasteiger partial charge in [-0.25, -0.2) is 0 Å². The summed E-state index contributed by atoms with van der Waals surface area (Å²) in [5, 5.41) is 16.1. The van der Waals surface area contributed by atoms with Crippen LogP contribution in [0.25, 0.3) is 0 Å². The quantitative estimate of drug-likeness (QED) is 0.719. The van der Waals surface area contributed by atoms with Crippen molar-refractivity contribution in [3.63, 3.8) is 0 Å². The van der Waals surface area contributed by atoms with Crippen LogP contribution in [0.3, 0.4) is 0 Å². The van der Waals surface area contributed by atoms with Gasteiger partial charge in [0.15, 0.2) is 0 Å². The van der Waals surface area contributed by atoms with Crippen LogP contribution in [0.4, 0.5) is 0 Å². The molecule has 0 aliphatic carbocycles. The van der Waals surface area contributed by atoms with E-state index in [1.165, 1.54) is 5.56 Å². The summed E-state index contributed by atoms with van der Waals surface area (Å²) in [6, 6.07) is 2.13. The van der Waals surface area contributed by atoms with Crippen LogP contribution < -0.4 is 5.32 Å². The van der Waals surface area contributed by atoms with Gasteiger partial charge in [-0.15, -0.1) is 0 Å². The molecule has 0 aromatic carbocycles. The molecule has 1 heterocycles. The van der Waals surface area contributed by atoms with Gasteiger partial charge in [0.2, 0.25) is 0 Å². The number of hydrogen-bond acceptors (Lipinski definition) is 3. The fraction of sp³-hybridized carbons (Fsp3) is 0.636. The summed E-state index contributed by atoms with van der Waals surface area (Å²) >= 11 is 0. The zero-order valence-corrected chi connectivity index (χ0v) is 9.45. The van der Waals surface area contributed by atoms with Crippen LogP contribution in [0.1, 0.15) is 31.0 Å². The Hall–Kier alpha value is -1.34. The van der Waals surface area contributed by atoms with E-state index in [0.29, 0.717) is 13.0 Å². The van der Waals surface area contributed by atoms with Crippen molar-refractivity contribution in [2.45, 2.75) is 39.8 Å². The molecule has 4 nitrogen and oxygen atoms in total. The predicted molar refractivity (Wildman–Crippen MR) is 59.2 cm³/mol. The van der Waals surface area contributed by atoms with E-state index in [4.69, 9.17) is 5.26 Å². The topological polar surface area (TPSA) is 53.6 Å². The average molecular weight is 206 g/mol. The Morgan fingerprint density at radius 2 is 2.40 bits per heavy atom. The lowest BCUT2D eigenvalue weighted by Crippen LogP contribution is -2.14. The Morgan fingerprint density at radius 3 is 3.07 bits per heavy atom. The van der Waals surface area contributed by atoms with Gasteiger partial charge in [0.25, 0.3) is 0 Å². The Bertz CT molecular complexity index is 335. The molecule has 0 saturated carbocycles. The molecule has 0 aliphatic heterocycles. The molecule has 1 aromatic rings. The summed E-state index contributed by atoms with van der Waals surface area (Å²) in [5.41, 5.74) is 2.38. The number of aromatic nitrogens is 2. The number of nitriles is 1. The van der Waals surface area contributed by atoms with E-state index in [0.717, 1.165) is 25.2 Å². The lowest BCUT2D eigenvalue weighted by atomic mass is 10.2. The molecule has 0 bridgehead atoms. The molecular weight excluding hydrogens is 188 g/mol. The molecule has 0 spiro atoms. The van der Waals surface area contributed by atoms with Gasteiger partial charge in [-0.2, -0.15) is 10.4 Å². The maximum Gasteiger partial charge on any atom is 0.0641 e. The second-order valence-electron chi connectivity index (χ2n) is 3.56. The highest BCUT2D eigenvalue weighted by Crippen LogP contribution is 2.07. The molecule has 0 radical (unpaired) electrons. The normalized spacial score (nSPS) is 10.2. The van der Waals surface area contributed by atoms with E-state index in [-0.39, 0.29) is 0 Å². The highest BCUT2D eigenvalue weighted by molar-refractivity contribution is 5.15. The van der Waals surface area contributed by atoms with Crippen molar-refractivity contribution in [3.8, 4) is 6.07 Å². The SMILES string of the molecule is CCCNCc1cnn(CCC#N)c1C. The van der Waals surface area contributed by atoms with E-state index >= 15 is 0 Å². The van der Waals surface area contributed by atoms with Crippen molar-refractivity contribution in [2.75, 3.05) is 6.54 Å². The second-order valence-corrected chi connectivity index (χ2v) is 3.56. The van der Waals surface area contributed by atoms with Crippen LogP contribution in [-0.2, 0) is 13.1 Å². The Labute approximate surface area is 90.9 Å². The maximum absolute atomic E-state index is 8.50. The molecule has 1 aromatic heterocycles. The number of nitrogens with zero attached hydrogens (tertiary/aromatic N) is 3. The van der Waals surface area contributed by atoms with Gasteiger partial charge in [-0.3, -0.25) is 4.68 Å². The smallest absolute Gasteiger partial charge is 0.0641 e. The van der Waals surface area contributed by atoms with Crippen molar-refractivity contribution >= 4 is 0 Å². The fourth-order valence-corrected chi connectivity index (χ4v) is 1.44.